The van der Waals surface area contributed by atoms with Gasteiger partial charge in [0.05, 0.1) is 6.54 Å². The summed E-state index contributed by atoms with van der Waals surface area (Å²) in [5.74, 6) is 0. The highest BCUT2D eigenvalue weighted by Crippen LogP contribution is 2.32. The molecule has 4 rings (SSSR count). The summed E-state index contributed by atoms with van der Waals surface area (Å²) in [7, 11) is 0. The summed E-state index contributed by atoms with van der Waals surface area (Å²) in [6.07, 6.45) is -0.0299. The molecule has 0 aliphatic carbocycles. The second-order valence-electron chi connectivity index (χ2n) is 8.56. The van der Waals surface area contributed by atoms with Crippen molar-refractivity contribution in [1.82, 2.24) is 9.80 Å². The van der Waals surface area contributed by atoms with E-state index in [1.807, 2.05) is 6.92 Å². The number of nitrogens with zero attached hydrogens (tertiary/aromatic N) is 2. The van der Waals surface area contributed by atoms with E-state index in [0.29, 0.717) is 19.6 Å². The van der Waals surface area contributed by atoms with Gasteiger partial charge in [0, 0.05) is 37.1 Å². The van der Waals surface area contributed by atoms with Gasteiger partial charge in [0.1, 0.15) is 0 Å². The Kier molecular flexibility index (Phi) is 6.34. The van der Waals surface area contributed by atoms with E-state index in [0.717, 1.165) is 32.2 Å². The number of fused-ring (bicyclic) bond motifs is 2. The predicted molar refractivity (Wildman–Crippen MR) is 115 cm³/mol. The molecule has 0 spiro atoms. The minimum Gasteiger partial charge on any atom is -0.355 e. The monoisotopic (exact) mass is 417 g/mol. The van der Waals surface area contributed by atoms with Gasteiger partial charge < -0.3 is 5.32 Å². The largest absolute Gasteiger partial charge is 0.401 e. The summed E-state index contributed by atoms with van der Waals surface area (Å²) >= 11 is 0. The first-order chi connectivity index (χ1) is 14.4. The average Bonchev–Trinajstić information content (AvgIpc) is 2.88. The van der Waals surface area contributed by atoms with E-state index >= 15 is 0 Å². The number of aryl methyl sites for hydroxylation is 2. The van der Waals surface area contributed by atoms with Crippen LogP contribution in [0.1, 0.15) is 30.0 Å². The summed E-state index contributed by atoms with van der Waals surface area (Å²) in [5.41, 5.74) is 6.53. The summed E-state index contributed by atoms with van der Waals surface area (Å²) in [4.78, 5) is 3.87. The van der Waals surface area contributed by atoms with Crippen LogP contribution >= 0.6 is 0 Å². The molecule has 0 amide bonds. The molecule has 0 radical (unpaired) electrons. The Hall–Kier alpha value is -2.05. The molecular weight excluding hydrogens is 387 g/mol. The molecule has 2 aromatic rings. The van der Waals surface area contributed by atoms with Gasteiger partial charge in [0.25, 0.3) is 0 Å². The second kappa shape index (κ2) is 8.98. The molecule has 1 fully saturated rings. The van der Waals surface area contributed by atoms with Crippen molar-refractivity contribution >= 4 is 11.4 Å². The van der Waals surface area contributed by atoms with Gasteiger partial charge in [-0.15, -0.1) is 0 Å². The molecule has 0 aromatic heterocycles. The van der Waals surface area contributed by atoms with Crippen LogP contribution in [0.15, 0.2) is 42.5 Å². The van der Waals surface area contributed by atoms with Crippen LogP contribution in [-0.2, 0) is 19.3 Å². The van der Waals surface area contributed by atoms with E-state index in [9.17, 15) is 13.2 Å². The minimum atomic E-state index is -4.11. The average molecular weight is 418 g/mol. The van der Waals surface area contributed by atoms with E-state index in [1.54, 1.807) is 0 Å². The van der Waals surface area contributed by atoms with Crippen LogP contribution in [0.3, 0.4) is 0 Å². The number of anilines is 2. The quantitative estimate of drug-likeness (QED) is 0.736. The fourth-order valence-corrected chi connectivity index (χ4v) is 4.82. The van der Waals surface area contributed by atoms with E-state index in [2.05, 4.69) is 52.7 Å². The maximum Gasteiger partial charge on any atom is 0.401 e. The molecule has 162 valence electrons. The number of hydrogen-bond acceptors (Lipinski definition) is 3. The van der Waals surface area contributed by atoms with E-state index < -0.39 is 12.7 Å². The third kappa shape index (κ3) is 5.16. The molecule has 1 unspecified atom stereocenters. The zero-order chi connectivity index (χ0) is 21.1. The molecule has 6 heteroatoms. The topological polar surface area (TPSA) is 18.5 Å². The SMILES string of the molecule is CC1CN(CC(F)(F)F)CCN1CCCc1cccc2c1CCc1ccccc1N2. The van der Waals surface area contributed by atoms with E-state index in [4.69, 9.17) is 0 Å². The first-order valence-corrected chi connectivity index (χ1v) is 10.9. The molecule has 2 aliphatic rings. The third-order valence-electron chi connectivity index (χ3n) is 6.35. The fraction of sp³-hybridized carbons (Fsp3) is 0.500. The fourth-order valence-electron chi connectivity index (χ4n) is 4.82. The first-order valence-electron chi connectivity index (χ1n) is 10.9. The van der Waals surface area contributed by atoms with Crippen molar-refractivity contribution in [2.45, 2.75) is 44.8 Å². The van der Waals surface area contributed by atoms with Gasteiger partial charge in [0.15, 0.2) is 0 Å². The van der Waals surface area contributed by atoms with Gasteiger partial charge in [0.2, 0.25) is 0 Å². The lowest BCUT2D eigenvalue weighted by atomic mass is 9.96. The second-order valence-corrected chi connectivity index (χ2v) is 8.56. The molecule has 0 saturated carbocycles. The Labute approximate surface area is 176 Å². The number of benzene rings is 2. The van der Waals surface area contributed by atoms with Crippen molar-refractivity contribution in [1.29, 1.82) is 0 Å². The Morgan fingerprint density at radius 2 is 1.80 bits per heavy atom. The molecule has 1 N–H and O–H groups in total. The van der Waals surface area contributed by atoms with E-state index in [-0.39, 0.29) is 6.04 Å². The van der Waals surface area contributed by atoms with Gasteiger partial charge in [-0.3, -0.25) is 9.80 Å². The first kappa shape index (κ1) is 21.2. The zero-order valence-corrected chi connectivity index (χ0v) is 17.5. The van der Waals surface area contributed by atoms with Gasteiger partial charge in [-0.1, -0.05) is 30.3 Å². The Morgan fingerprint density at radius 3 is 2.60 bits per heavy atom. The lowest BCUT2D eigenvalue weighted by molar-refractivity contribution is -0.151. The zero-order valence-electron chi connectivity index (χ0n) is 17.5. The molecule has 2 aromatic carbocycles. The highest BCUT2D eigenvalue weighted by molar-refractivity contribution is 5.69. The van der Waals surface area contributed by atoms with E-state index in [1.165, 1.54) is 33.0 Å². The molecule has 0 bridgehead atoms. The standard InChI is InChI=1S/C24H30F3N3/c1-18-16-29(17-24(25,26)27)14-15-30(18)13-5-8-19-7-4-10-23-21(19)12-11-20-6-2-3-9-22(20)28-23/h2-4,6-7,9-10,18,28H,5,8,11-17H2,1H3. The minimum absolute atomic E-state index is 0.158. The molecule has 1 saturated heterocycles. The number of piperazine rings is 1. The summed E-state index contributed by atoms with van der Waals surface area (Å²) < 4.78 is 37.9. The van der Waals surface area contributed by atoms with Crippen molar-refractivity contribution in [2.75, 3.05) is 38.0 Å². The lowest BCUT2D eigenvalue weighted by Gasteiger charge is -2.40. The number of halogens is 3. The number of para-hydroxylation sites is 1. The van der Waals surface area contributed by atoms with Gasteiger partial charge in [-0.2, -0.15) is 13.2 Å². The Balaban J connectivity index is 1.33. The van der Waals surface area contributed by atoms with Crippen LogP contribution < -0.4 is 5.32 Å². The Morgan fingerprint density at radius 1 is 1.00 bits per heavy atom. The molecule has 3 nitrogen and oxygen atoms in total. The van der Waals surface area contributed by atoms with Crippen molar-refractivity contribution in [3.05, 3.63) is 59.2 Å². The van der Waals surface area contributed by atoms with Gasteiger partial charge in [-0.05, 0) is 68.0 Å². The maximum atomic E-state index is 12.6. The van der Waals surface area contributed by atoms with Crippen LogP contribution in [-0.4, -0.2) is 54.7 Å². The lowest BCUT2D eigenvalue weighted by Crippen LogP contribution is -2.53. The van der Waals surface area contributed by atoms with Gasteiger partial charge in [-0.25, -0.2) is 0 Å². The predicted octanol–water partition coefficient (Wildman–Crippen LogP) is 5.03. The summed E-state index contributed by atoms with van der Waals surface area (Å²) in [6.45, 7) is 3.86. The van der Waals surface area contributed by atoms with Crippen molar-refractivity contribution < 1.29 is 13.2 Å². The smallest absolute Gasteiger partial charge is 0.355 e. The molecule has 2 heterocycles. The number of alkyl halides is 3. The van der Waals surface area contributed by atoms with Crippen molar-refractivity contribution in [3.8, 4) is 0 Å². The van der Waals surface area contributed by atoms with Crippen LogP contribution in [0.4, 0.5) is 24.5 Å². The van der Waals surface area contributed by atoms with Crippen LogP contribution in [0.2, 0.25) is 0 Å². The highest BCUT2D eigenvalue weighted by Gasteiger charge is 2.33. The maximum absolute atomic E-state index is 12.6. The van der Waals surface area contributed by atoms with Crippen LogP contribution in [0.5, 0.6) is 0 Å². The molecule has 30 heavy (non-hydrogen) atoms. The summed E-state index contributed by atoms with van der Waals surface area (Å²) in [5, 5.41) is 3.61. The van der Waals surface area contributed by atoms with Crippen molar-refractivity contribution in [2.24, 2.45) is 0 Å². The number of hydrogen-bond donors (Lipinski definition) is 1. The van der Waals surface area contributed by atoms with Crippen LogP contribution in [0, 0.1) is 0 Å². The molecule has 1 atom stereocenters. The molecule has 2 aliphatic heterocycles. The van der Waals surface area contributed by atoms with Crippen molar-refractivity contribution in [3.63, 3.8) is 0 Å². The number of nitrogens with one attached hydrogen (secondary N) is 1. The van der Waals surface area contributed by atoms with Crippen LogP contribution in [0.25, 0.3) is 0 Å². The summed E-state index contributed by atoms with van der Waals surface area (Å²) in [6, 6.07) is 15.1. The number of rotatable bonds is 5. The molecular formula is C24H30F3N3. The third-order valence-corrected chi connectivity index (χ3v) is 6.35. The Bertz CT molecular complexity index is 865. The normalized spacial score (nSPS) is 20.2. The van der Waals surface area contributed by atoms with Gasteiger partial charge >= 0.3 is 6.18 Å². The highest BCUT2D eigenvalue weighted by atomic mass is 19.4.